The minimum absolute atomic E-state index is 0.0984. The first kappa shape index (κ1) is 20.7. The van der Waals surface area contributed by atoms with Crippen LogP contribution in [0.3, 0.4) is 0 Å². The van der Waals surface area contributed by atoms with Gasteiger partial charge in [-0.2, -0.15) is 0 Å². The molecule has 170 valence electrons. The van der Waals surface area contributed by atoms with E-state index >= 15 is 0 Å². The molecular weight excluding hydrogens is 437 g/mol. The Labute approximate surface area is 195 Å². The van der Waals surface area contributed by atoms with Gasteiger partial charge in [0, 0.05) is 26.2 Å². The predicted molar refractivity (Wildman–Crippen MR) is 127 cm³/mol. The zero-order valence-electron chi connectivity index (χ0n) is 18.3. The van der Waals surface area contributed by atoms with Gasteiger partial charge in [-0.05, 0) is 53.1 Å². The number of para-hydroxylation sites is 1. The molecule has 33 heavy (non-hydrogen) atoms. The summed E-state index contributed by atoms with van der Waals surface area (Å²) < 4.78 is 17.0. The van der Waals surface area contributed by atoms with Gasteiger partial charge in [-0.25, -0.2) is 14.1 Å². The van der Waals surface area contributed by atoms with Gasteiger partial charge in [0.05, 0.1) is 22.3 Å². The van der Waals surface area contributed by atoms with Gasteiger partial charge in [0.2, 0.25) is 0 Å². The van der Waals surface area contributed by atoms with E-state index in [1.54, 1.807) is 11.3 Å². The van der Waals surface area contributed by atoms with Crippen molar-refractivity contribution in [1.29, 1.82) is 0 Å². The van der Waals surface area contributed by atoms with Crippen LogP contribution in [0.2, 0.25) is 0 Å². The molecule has 1 saturated heterocycles. The molecule has 1 aliphatic carbocycles. The summed E-state index contributed by atoms with van der Waals surface area (Å²) in [6.07, 6.45) is 4.65. The lowest BCUT2D eigenvalue weighted by atomic mass is 10.0. The number of tetrazole rings is 1. The van der Waals surface area contributed by atoms with E-state index < -0.39 is 0 Å². The monoisotopic (exact) mass is 463 g/mol. The fraction of sp³-hybridized carbons (Fsp3) is 0.417. The first-order valence-electron chi connectivity index (χ1n) is 11.6. The molecule has 2 aromatic heterocycles. The predicted octanol–water partition coefficient (Wildman–Crippen LogP) is 4.45. The number of nitrogens with zero attached hydrogens (tertiary/aromatic N) is 7. The van der Waals surface area contributed by atoms with Crippen LogP contribution in [0.1, 0.15) is 49.2 Å². The number of fused-ring (bicyclic) bond motifs is 1. The Bertz CT molecular complexity index is 1190. The minimum Gasteiger partial charge on any atom is -0.345 e. The van der Waals surface area contributed by atoms with Gasteiger partial charge in [-0.3, -0.25) is 4.90 Å². The van der Waals surface area contributed by atoms with Crippen LogP contribution in [0.15, 0.2) is 48.5 Å². The normalized spacial score (nSPS) is 18.9. The maximum absolute atomic E-state index is 13.7. The summed E-state index contributed by atoms with van der Waals surface area (Å²) >= 11 is 1.75. The summed E-state index contributed by atoms with van der Waals surface area (Å²) in [4.78, 5) is 9.63. The quantitative estimate of drug-likeness (QED) is 0.436. The van der Waals surface area contributed by atoms with E-state index in [0.29, 0.717) is 6.04 Å². The van der Waals surface area contributed by atoms with Gasteiger partial charge < -0.3 is 4.90 Å². The van der Waals surface area contributed by atoms with Crippen LogP contribution >= 0.6 is 11.3 Å². The lowest BCUT2D eigenvalue weighted by Crippen LogP contribution is -2.48. The molecule has 1 aliphatic heterocycles. The van der Waals surface area contributed by atoms with Crippen molar-refractivity contribution in [2.24, 2.45) is 0 Å². The molecule has 3 heterocycles. The smallest absolute Gasteiger partial charge is 0.186 e. The molecular formula is C24H26FN7S. The molecule has 7 nitrogen and oxygen atoms in total. The molecule has 0 unspecified atom stereocenters. The van der Waals surface area contributed by atoms with Gasteiger partial charge in [-0.15, -0.1) is 5.10 Å². The fourth-order valence-electron chi connectivity index (χ4n) is 5.12. The Balaban J connectivity index is 1.28. The van der Waals surface area contributed by atoms with Crippen LogP contribution in [-0.4, -0.2) is 56.3 Å². The number of rotatable bonds is 5. The molecule has 0 amide bonds. The zero-order chi connectivity index (χ0) is 22.2. The third-order valence-corrected chi connectivity index (χ3v) is 7.95. The molecule has 2 aromatic carbocycles. The first-order chi connectivity index (χ1) is 16.3. The summed E-state index contributed by atoms with van der Waals surface area (Å²) in [6.45, 7) is 3.47. The average molecular weight is 464 g/mol. The molecule has 0 bridgehead atoms. The van der Waals surface area contributed by atoms with Crippen molar-refractivity contribution in [3.05, 3.63) is 65.7 Å². The number of hydrogen-bond acceptors (Lipinski definition) is 7. The molecule has 2 aliphatic rings. The number of halogens is 1. The van der Waals surface area contributed by atoms with Crippen molar-refractivity contribution in [2.45, 2.75) is 37.8 Å². The van der Waals surface area contributed by atoms with E-state index in [0.717, 1.165) is 61.1 Å². The Morgan fingerprint density at radius 1 is 0.939 bits per heavy atom. The maximum Gasteiger partial charge on any atom is 0.186 e. The van der Waals surface area contributed by atoms with Crippen LogP contribution in [0, 0.1) is 5.82 Å². The summed E-state index contributed by atoms with van der Waals surface area (Å²) in [5.74, 6) is 0.635. The lowest BCUT2D eigenvalue weighted by Gasteiger charge is -2.39. The highest BCUT2D eigenvalue weighted by Gasteiger charge is 2.33. The molecule has 0 radical (unpaired) electrons. The van der Waals surface area contributed by atoms with Crippen LogP contribution in [0.25, 0.3) is 10.2 Å². The van der Waals surface area contributed by atoms with Crippen LogP contribution in [0.5, 0.6) is 0 Å². The van der Waals surface area contributed by atoms with Crippen molar-refractivity contribution in [1.82, 2.24) is 30.1 Å². The summed E-state index contributed by atoms with van der Waals surface area (Å²) in [6, 6.07) is 15.3. The number of hydrogen-bond donors (Lipinski definition) is 0. The Kier molecular flexibility index (Phi) is 5.51. The highest BCUT2D eigenvalue weighted by atomic mass is 32.1. The van der Waals surface area contributed by atoms with Crippen molar-refractivity contribution >= 4 is 26.7 Å². The fourth-order valence-corrected chi connectivity index (χ4v) is 6.14. The lowest BCUT2D eigenvalue weighted by molar-refractivity contribution is 0.197. The first-order valence-corrected chi connectivity index (χ1v) is 12.5. The number of piperazine rings is 1. The molecule has 6 rings (SSSR count). The van der Waals surface area contributed by atoms with Crippen molar-refractivity contribution in [2.75, 3.05) is 31.1 Å². The number of benzene rings is 2. The second-order valence-electron chi connectivity index (χ2n) is 8.86. The van der Waals surface area contributed by atoms with Gasteiger partial charge in [-0.1, -0.05) is 48.4 Å². The molecule has 4 aromatic rings. The van der Waals surface area contributed by atoms with E-state index in [1.165, 1.54) is 29.7 Å². The van der Waals surface area contributed by atoms with E-state index in [4.69, 9.17) is 4.98 Å². The summed E-state index contributed by atoms with van der Waals surface area (Å²) in [5.41, 5.74) is 2.08. The van der Waals surface area contributed by atoms with E-state index in [2.05, 4.69) is 43.5 Å². The highest BCUT2D eigenvalue weighted by molar-refractivity contribution is 7.22. The molecule has 1 saturated carbocycles. The third kappa shape index (κ3) is 4.00. The average Bonchev–Trinajstić information content (AvgIpc) is 3.61. The van der Waals surface area contributed by atoms with Crippen LogP contribution in [-0.2, 0) is 0 Å². The number of thiazole rings is 1. The SMILES string of the molecule is Fc1ccc([C@@H](c2nnnn2C2CCCC2)N2CCN(c3nc4ccccc4s3)CC2)cc1. The maximum atomic E-state index is 13.7. The standard InChI is InChI=1S/C24H26FN7S/c25-18-11-9-17(10-12-18)22(23-27-28-29-32(23)19-5-1-2-6-19)30-13-15-31(16-14-30)24-26-20-7-3-4-8-21(20)33-24/h3-4,7-12,19,22H,1-2,5-6,13-16H2/t22-/m0/s1. The number of aromatic nitrogens is 5. The van der Waals surface area contributed by atoms with E-state index in [-0.39, 0.29) is 11.9 Å². The third-order valence-electron chi connectivity index (χ3n) is 6.85. The topological polar surface area (TPSA) is 63.0 Å². The summed E-state index contributed by atoms with van der Waals surface area (Å²) in [5, 5.41) is 14.0. The summed E-state index contributed by atoms with van der Waals surface area (Å²) in [7, 11) is 0. The van der Waals surface area contributed by atoms with Crippen molar-refractivity contribution < 1.29 is 4.39 Å². The molecule has 0 spiro atoms. The molecule has 2 fully saturated rings. The zero-order valence-corrected chi connectivity index (χ0v) is 19.2. The largest absolute Gasteiger partial charge is 0.345 e. The van der Waals surface area contributed by atoms with Gasteiger partial charge in [0.15, 0.2) is 11.0 Å². The van der Waals surface area contributed by atoms with E-state index in [1.807, 2.05) is 22.9 Å². The second kappa shape index (κ2) is 8.79. The Morgan fingerprint density at radius 3 is 2.45 bits per heavy atom. The minimum atomic E-state index is -0.228. The van der Waals surface area contributed by atoms with Gasteiger partial charge in [0.1, 0.15) is 5.82 Å². The molecule has 1 atom stereocenters. The van der Waals surface area contributed by atoms with Crippen LogP contribution < -0.4 is 4.90 Å². The molecule has 9 heteroatoms. The number of anilines is 1. The Morgan fingerprint density at radius 2 is 1.70 bits per heavy atom. The van der Waals surface area contributed by atoms with E-state index in [9.17, 15) is 4.39 Å². The van der Waals surface area contributed by atoms with Crippen molar-refractivity contribution in [3.63, 3.8) is 0 Å². The Hall–Kier alpha value is -2.91. The second-order valence-corrected chi connectivity index (χ2v) is 9.87. The van der Waals surface area contributed by atoms with Gasteiger partial charge >= 0.3 is 0 Å². The van der Waals surface area contributed by atoms with Crippen LogP contribution in [0.4, 0.5) is 9.52 Å². The molecule has 0 N–H and O–H groups in total. The highest BCUT2D eigenvalue weighted by Crippen LogP contribution is 2.35. The van der Waals surface area contributed by atoms with Crippen molar-refractivity contribution in [3.8, 4) is 0 Å². The van der Waals surface area contributed by atoms with Gasteiger partial charge in [0.25, 0.3) is 0 Å².